The summed E-state index contributed by atoms with van der Waals surface area (Å²) < 4.78 is 54.4. The van der Waals surface area contributed by atoms with Gasteiger partial charge in [-0.25, -0.2) is 23.5 Å². The predicted molar refractivity (Wildman–Crippen MR) is 157 cm³/mol. The van der Waals surface area contributed by atoms with E-state index in [4.69, 9.17) is 24.2 Å². The first-order valence-electron chi connectivity index (χ1n) is 13.6. The molecule has 0 aliphatic carbocycles. The molecule has 0 fully saturated rings. The standard InChI is InChI=1S/C33H28F2N4O5/c1-41-12-11-39-29-16-21(33(40)43-3)8-9-28(29)38-31(39)17-25-26(34)14-23(15-27(25)35)24-5-4-10-37-32(24)44-19-22-7-6-20(18-36)13-30(22)42-2/h4-10,13-16H,11-12,17,19H2,1-3H3. The fraction of sp³-hybridized carbons (Fsp3) is 0.212. The molecule has 44 heavy (non-hydrogen) atoms. The van der Waals surface area contributed by atoms with E-state index in [-0.39, 0.29) is 30.0 Å². The number of rotatable bonds is 11. The van der Waals surface area contributed by atoms with Gasteiger partial charge in [-0.2, -0.15) is 5.26 Å². The number of esters is 1. The number of carbonyl (C=O) groups excluding carboxylic acids is 1. The van der Waals surface area contributed by atoms with Crippen molar-refractivity contribution in [2.75, 3.05) is 27.9 Å². The van der Waals surface area contributed by atoms with Gasteiger partial charge in [0.1, 0.15) is 29.8 Å². The van der Waals surface area contributed by atoms with Crippen molar-refractivity contribution in [1.29, 1.82) is 5.26 Å². The molecule has 0 aliphatic rings. The average molecular weight is 599 g/mol. The second-order valence-corrected chi connectivity index (χ2v) is 9.75. The number of pyridine rings is 1. The van der Waals surface area contributed by atoms with Gasteiger partial charge in [0.2, 0.25) is 5.88 Å². The monoisotopic (exact) mass is 598 g/mol. The van der Waals surface area contributed by atoms with Crippen molar-refractivity contribution < 1.29 is 32.5 Å². The van der Waals surface area contributed by atoms with Gasteiger partial charge in [0.15, 0.2) is 0 Å². The van der Waals surface area contributed by atoms with E-state index in [0.29, 0.717) is 58.0 Å². The molecule has 5 aromatic rings. The van der Waals surface area contributed by atoms with E-state index in [1.807, 2.05) is 0 Å². The smallest absolute Gasteiger partial charge is 0.337 e. The number of ether oxygens (including phenoxy) is 4. The second-order valence-electron chi connectivity index (χ2n) is 9.75. The molecule has 3 aromatic carbocycles. The van der Waals surface area contributed by atoms with Crippen LogP contribution in [0.2, 0.25) is 0 Å². The molecule has 0 N–H and O–H groups in total. The third kappa shape index (κ3) is 6.21. The highest BCUT2D eigenvalue weighted by Crippen LogP contribution is 2.33. The molecule has 0 aliphatic heterocycles. The number of fused-ring (bicyclic) bond motifs is 1. The quantitative estimate of drug-likeness (QED) is 0.174. The molecule has 0 radical (unpaired) electrons. The number of nitrogens with zero attached hydrogens (tertiary/aromatic N) is 4. The van der Waals surface area contributed by atoms with Crippen molar-refractivity contribution in [1.82, 2.24) is 14.5 Å². The number of nitriles is 1. The van der Waals surface area contributed by atoms with Crippen LogP contribution in [0.15, 0.2) is 66.9 Å². The van der Waals surface area contributed by atoms with Crippen LogP contribution >= 0.6 is 0 Å². The number of aromatic nitrogens is 3. The maximum atomic E-state index is 15.6. The third-order valence-corrected chi connectivity index (χ3v) is 7.11. The SMILES string of the molecule is COCCn1c(Cc2c(F)cc(-c3cccnc3OCc3ccc(C#N)cc3OC)cc2F)nc2ccc(C(=O)OC)cc21. The summed E-state index contributed by atoms with van der Waals surface area (Å²) in [6, 6.07) is 17.7. The van der Waals surface area contributed by atoms with E-state index in [9.17, 15) is 4.79 Å². The highest BCUT2D eigenvalue weighted by molar-refractivity contribution is 5.93. The van der Waals surface area contributed by atoms with Crippen LogP contribution in [0.3, 0.4) is 0 Å². The molecule has 0 spiro atoms. The molecule has 0 atom stereocenters. The number of benzene rings is 3. The summed E-state index contributed by atoms with van der Waals surface area (Å²) in [4.78, 5) is 21.0. The van der Waals surface area contributed by atoms with Gasteiger partial charge >= 0.3 is 5.97 Å². The summed E-state index contributed by atoms with van der Waals surface area (Å²) in [5.74, 6) is -0.968. The Labute approximate surface area is 252 Å². The van der Waals surface area contributed by atoms with Crippen LogP contribution in [0.5, 0.6) is 11.6 Å². The molecule has 224 valence electrons. The molecule has 5 rings (SSSR count). The topological polar surface area (TPSA) is 108 Å². The maximum Gasteiger partial charge on any atom is 0.337 e. The van der Waals surface area contributed by atoms with Crippen LogP contribution in [0, 0.1) is 23.0 Å². The number of imidazole rings is 1. The van der Waals surface area contributed by atoms with Gasteiger partial charge < -0.3 is 23.5 Å². The zero-order valence-corrected chi connectivity index (χ0v) is 24.3. The van der Waals surface area contributed by atoms with Crippen molar-refractivity contribution in [3.05, 3.63) is 107 Å². The lowest BCUT2D eigenvalue weighted by Gasteiger charge is -2.14. The molecule has 2 heterocycles. The van der Waals surface area contributed by atoms with E-state index in [2.05, 4.69) is 16.0 Å². The van der Waals surface area contributed by atoms with Gasteiger partial charge in [0, 0.05) is 43.0 Å². The van der Waals surface area contributed by atoms with Gasteiger partial charge in [0.25, 0.3) is 0 Å². The van der Waals surface area contributed by atoms with Gasteiger partial charge in [-0.05, 0) is 60.2 Å². The minimum Gasteiger partial charge on any atom is -0.496 e. The van der Waals surface area contributed by atoms with Gasteiger partial charge in [0.05, 0.1) is 49.1 Å². The highest BCUT2D eigenvalue weighted by Gasteiger charge is 2.20. The first-order valence-corrected chi connectivity index (χ1v) is 13.6. The summed E-state index contributed by atoms with van der Waals surface area (Å²) in [6.45, 7) is 0.731. The molecule has 0 saturated heterocycles. The largest absolute Gasteiger partial charge is 0.496 e. The Hall–Kier alpha value is -5.34. The van der Waals surface area contributed by atoms with Crippen molar-refractivity contribution >= 4 is 17.0 Å². The summed E-state index contributed by atoms with van der Waals surface area (Å²) in [7, 11) is 4.34. The molecule has 2 aromatic heterocycles. The zero-order valence-electron chi connectivity index (χ0n) is 24.3. The Kier molecular flexibility index (Phi) is 9.12. The van der Waals surface area contributed by atoms with E-state index < -0.39 is 17.6 Å². The van der Waals surface area contributed by atoms with Gasteiger partial charge in [-0.1, -0.05) is 6.07 Å². The Bertz CT molecular complexity index is 1860. The van der Waals surface area contributed by atoms with Crippen LogP contribution in [0.25, 0.3) is 22.2 Å². The van der Waals surface area contributed by atoms with E-state index in [0.717, 1.165) is 0 Å². The molecule has 0 amide bonds. The lowest BCUT2D eigenvalue weighted by atomic mass is 10.0. The Morgan fingerprint density at radius 3 is 2.52 bits per heavy atom. The Balaban J connectivity index is 1.45. The Morgan fingerprint density at radius 2 is 1.82 bits per heavy atom. The molecule has 0 bridgehead atoms. The first-order chi connectivity index (χ1) is 21.4. The van der Waals surface area contributed by atoms with E-state index in [1.165, 1.54) is 32.5 Å². The summed E-state index contributed by atoms with van der Waals surface area (Å²) in [5, 5.41) is 9.15. The minimum atomic E-state index is -0.760. The van der Waals surface area contributed by atoms with Crippen molar-refractivity contribution in [2.45, 2.75) is 19.6 Å². The number of hydrogen-bond donors (Lipinski definition) is 0. The Morgan fingerprint density at radius 1 is 1.02 bits per heavy atom. The van der Waals surface area contributed by atoms with Crippen molar-refractivity contribution in [2.24, 2.45) is 0 Å². The number of methoxy groups -OCH3 is 3. The van der Waals surface area contributed by atoms with Crippen LogP contribution in [-0.4, -0.2) is 48.4 Å². The minimum absolute atomic E-state index is 0.0529. The fourth-order valence-corrected chi connectivity index (χ4v) is 4.87. The fourth-order valence-electron chi connectivity index (χ4n) is 4.87. The third-order valence-electron chi connectivity index (χ3n) is 7.11. The molecular weight excluding hydrogens is 570 g/mol. The molecule has 0 saturated carbocycles. The van der Waals surface area contributed by atoms with Crippen LogP contribution < -0.4 is 9.47 Å². The number of carbonyl (C=O) groups is 1. The highest BCUT2D eigenvalue weighted by atomic mass is 19.1. The first kappa shape index (κ1) is 30.1. The van der Waals surface area contributed by atoms with Crippen molar-refractivity contribution in [3.8, 4) is 28.8 Å². The van der Waals surface area contributed by atoms with Gasteiger partial charge in [-0.15, -0.1) is 0 Å². The summed E-state index contributed by atoms with van der Waals surface area (Å²) in [6.07, 6.45) is 1.38. The lowest BCUT2D eigenvalue weighted by Crippen LogP contribution is -2.11. The van der Waals surface area contributed by atoms with Crippen molar-refractivity contribution in [3.63, 3.8) is 0 Å². The van der Waals surface area contributed by atoms with E-state index >= 15 is 8.78 Å². The normalized spacial score (nSPS) is 10.9. The van der Waals surface area contributed by atoms with Crippen LogP contribution in [0.1, 0.15) is 32.9 Å². The molecular formula is C33H28F2N4O5. The van der Waals surface area contributed by atoms with E-state index in [1.54, 1.807) is 60.2 Å². The summed E-state index contributed by atoms with van der Waals surface area (Å²) >= 11 is 0. The van der Waals surface area contributed by atoms with Crippen LogP contribution in [-0.2, 0) is 29.0 Å². The van der Waals surface area contributed by atoms with Gasteiger partial charge in [-0.3, -0.25) is 0 Å². The van der Waals surface area contributed by atoms with Crippen LogP contribution in [0.4, 0.5) is 8.78 Å². The molecule has 9 nitrogen and oxygen atoms in total. The zero-order chi connectivity index (χ0) is 31.2. The maximum absolute atomic E-state index is 15.6. The number of hydrogen-bond acceptors (Lipinski definition) is 8. The lowest BCUT2D eigenvalue weighted by molar-refractivity contribution is 0.0601. The second kappa shape index (κ2) is 13.3. The average Bonchev–Trinajstić information content (AvgIpc) is 3.39. The number of halogens is 2. The molecule has 0 unspecified atom stereocenters. The predicted octanol–water partition coefficient (Wildman–Crippen LogP) is 5.86. The molecule has 11 heteroatoms. The summed E-state index contributed by atoms with van der Waals surface area (Å²) in [5.41, 5.74) is 3.11.